The first-order valence-electron chi connectivity index (χ1n) is 9.64. The van der Waals surface area contributed by atoms with Crippen molar-refractivity contribution in [1.82, 2.24) is 9.62 Å². The van der Waals surface area contributed by atoms with Crippen molar-refractivity contribution in [3.63, 3.8) is 0 Å². The van der Waals surface area contributed by atoms with Gasteiger partial charge in [0.25, 0.3) is 15.9 Å². The number of nitrogens with zero attached hydrogens (tertiary/aromatic N) is 1. The Morgan fingerprint density at radius 3 is 2.30 bits per heavy atom. The number of carbonyl (C=O) groups is 1. The minimum absolute atomic E-state index is 0.00930. The number of benzene rings is 2. The highest BCUT2D eigenvalue weighted by atomic mass is 35.5. The number of hydrogen-bond donors (Lipinski definition) is 1. The highest BCUT2D eigenvalue weighted by molar-refractivity contribution is 7.99. The number of rotatable bonds is 7. The Hall–Kier alpha value is -2.51. The summed E-state index contributed by atoms with van der Waals surface area (Å²) in [6, 6.07) is 15.8. The van der Waals surface area contributed by atoms with Crippen LogP contribution in [0.1, 0.15) is 32.8 Å². The van der Waals surface area contributed by atoms with Crippen LogP contribution >= 0.6 is 11.6 Å². The number of para-hydroxylation sites is 1. The molecule has 30 heavy (non-hydrogen) atoms. The molecule has 2 aromatic rings. The molecule has 6 nitrogen and oxygen atoms in total. The van der Waals surface area contributed by atoms with Gasteiger partial charge in [-0.25, -0.2) is 12.7 Å². The Morgan fingerprint density at radius 2 is 1.67 bits per heavy atom. The first-order valence-corrected chi connectivity index (χ1v) is 11.5. The Balaban J connectivity index is 1.79. The summed E-state index contributed by atoms with van der Waals surface area (Å²) in [7, 11) is -3.98. The summed E-state index contributed by atoms with van der Waals surface area (Å²) in [5, 5.41) is 3.56. The van der Waals surface area contributed by atoms with Gasteiger partial charge in [0.15, 0.2) is 0 Å². The van der Waals surface area contributed by atoms with Gasteiger partial charge >= 0.3 is 0 Å². The molecule has 1 heterocycles. The summed E-state index contributed by atoms with van der Waals surface area (Å²) in [6.07, 6.45) is 0.555. The maximum atomic E-state index is 13.2. The van der Waals surface area contributed by atoms with E-state index in [0.717, 1.165) is 4.31 Å². The van der Waals surface area contributed by atoms with Gasteiger partial charge in [-0.3, -0.25) is 4.79 Å². The number of nitrogens with one attached hydrogen (secondary N) is 1. The van der Waals surface area contributed by atoms with Crippen LogP contribution in [0.25, 0.3) is 4.91 Å². The van der Waals surface area contributed by atoms with Crippen molar-refractivity contribution in [3.05, 3.63) is 70.9 Å². The van der Waals surface area contributed by atoms with Crippen molar-refractivity contribution in [2.24, 2.45) is 0 Å². The molecule has 0 unspecified atom stereocenters. The average Bonchev–Trinajstić information content (AvgIpc) is 2.88. The van der Waals surface area contributed by atoms with Crippen molar-refractivity contribution in [2.75, 3.05) is 13.2 Å². The van der Waals surface area contributed by atoms with E-state index in [9.17, 15) is 13.2 Å². The monoisotopic (exact) mass is 448 g/mol. The quantitative estimate of drug-likeness (QED) is 0.647. The lowest BCUT2D eigenvalue weighted by Crippen LogP contribution is -2.46. The molecule has 0 atom stereocenters. The Bertz CT molecular complexity index is 1060. The largest absolute Gasteiger partial charge is 0.492 e. The minimum atomic E-state index is -3.98. The van der Waals surface area contributed by atoms with E-state index >= 15 is 0 Å². The van der Waals surface area contributed by atoms with Crippen LogP contribution in [-0.2, 0) is 14.8 Å². The molecule has 0 spiro atoms. The van der Waals surface area contributed by atoms with Gasteiger partial charge in [0.1, 0.15) is 16.4 Å². The normalized spacial score (nSPS) is 16.1. The van der Waals surface area contributed by atoms with Crippen LogP contribution in [0.2, 0.25) is 5.02 Å². The third-order valence-electron chi connectivity index (χ3n) is 4.49. The third-order valence-corrected chi connectivity index (χ3v) is 6.95. The molecular formula is C22H25ClN2O4S. The Morgan fingerprint density at radius 1 is 1.03 bits per heavy atom. The predicted octanol–water partition coefficient (Wildman–Crippen LogP) is 4.04. The van der Waals surface area contributed by atoms with Crippen LogP contribution in [0.4, 0.5) is 0 Å². The van der Waals surface area contributed by atoms with Gasteiger partial charge in [-0.1, -0.05) is 54.1 Å². The molecule has 0 saturated carbocycles. The van der Waals surface area contributed by atoms with E-state index < -0.39 is 21.5 Å². The first kappa shape index (κ1) is 22.2. The van der Waals surface area contributed by atoms with Gasteiger partial charge in [0.05, 0.1) is 17.2 Å². The van der Waals surface area contributed by atoms with Crippen molar-refractivity contribution in [3.8, 4) is 5.75 Å². The highest BCUT2D eigenvalue weighted by Gasteiger charge is 2.49. The van der Waals surface area contributed by atoms with E-state index in [1.807, 2.05) is 12.1 Å². The molecule has 1 N–H and O–H groups in total. The second-order valence-electron chi connectivity index (χ2n) is 7.87. The summed E-state index contributed by atoms with van der Waals surface area (Å²) in [5.74, 6) is 0.0372. The Kier molecular flexibility index (Phi) is 6.43. The lowest BCUT2D eigenvalue weighted by molar-refractivity contribution is -0.125. The van der Waals surface area contributed by atoms with E-state index in [1.165, 1.54) is 0 Å². The lowest BCUT2D eigenvalue weighted by Gasteiger charge is -2.30. The van der Waals surface area contributed by atoms with Crippen molar-refractivity contribution < 1.29 is 17.9 Å². The minimum Gasteiger partial charge on any atom is -0.492 e. The van der Waals surface area contributed by atoms with E-state index in [0.29, 0.717) is 35.9 Å². The van der Waals surface area contributed by atoms with Crippen molar-refractivity contribution >= 4 is 32.4 Å². The van der Waals surface area contributed by atoms with Gasteiger partial charge < -0.3 is 10.1 Å². The predicted molar refractivity (Wildman–Crippen MR) is 118 cm³/mol. The van der Waals surface area contributed by atoms with E-state index in [4.69, 9.17) is 16.3 Å². The molecule has 0 bridgehead atoms. The summed E-state index contributed by atoms with van der Waals surface area (Å²) in [5.41, 5.74) is -0.312. The molecule has 0 saturated heterocycles. The highest BCUT2D eigenvalue weighted by Crippen LogP contribution is 2.38. The smallest absolute Gasteiger partial charge is 0.285 e. The maximum absolute atomic E-state index is 13.2. The van der Waals surface area contributed by atoms with Gasteiger partial charge in [-0.2, -0.15) is 0 Å². The molecule has 1 amide bonds. The average molecular weight is 449 g/mol. The van der Waals surface area contributed by atoms with Crippen LogP contribution < -0.4 is 10.1 Å². The fraction of sp³-hybridized carbons (Fsp3) is 0.318. The molecule has 1 aliphatic heterocycles. The summed E-state index contributed by atoms with van der Waals surface area (Å²) in [6.45, 7) is 5.84. The van der Waals surface area contributed by atoms with Gasteiger partial charge in [0, 0.05) is 6.54 Å². The molecule has 3 rings (SSSR count). The van der Waals surface area contributed by atoms with Gasteiger partial charge in [0.2, 0.25) is 0 Å². The number of halogens is 1. The van der Waals surface area contributed by atoms with E-state index in [-0.39, 0.29) is 10.6 Å². The third kappa shape index (κ3) is 4.47. The fourth-order valence-corrected chi connectivity index (χ4v) is 5.52. The molecule has 1 aliphatic rings. The van der Waals surface area contributed by atoms with Gasteiger partial charge in [-0.15, -0.1) is 0 Å². The number of sulfonamides is 1. The molecular weight excluding hydrogens is 424 g/mol. The van der Waals surface area contributed by atoms with E-state index in [2.05, 4.69) is 5.32 Å². The Labute approximate surface area is 182 Å². The number of amides is 1. The molecule has 0 aromatic heterocycles. The van der Waals surface area contributed by atoms with Crippen LogP contribution in [0.5, 0.6) is 5.75 Å². The van der Waals surface area contributed by atoms with Gasteiger partial charge in [-0.05, 0) is 44.9 Å². The molecule has 2 aromatic carbocycles. The standard InChI is InChI=1S/C22H25ClN2O4S/c1-22(2,3)25-21(26)19(20(30(25,27)28)16-10-5-4-6-11-16)24-14-9-15-29-18-13-8-7-12-17(18)23/h4-8,10-13,24H,9,14-15H2,1-3H3. The molecule has 0 radical (unpaired) electrons. The summed E-state index contributed by atoms with van der Waals surface area (Å²) < 4.78 is 33.1. The number of carbonyl (C=O) groups excluding carboxylic acids is 1. The van der Waals surface area contributed by atoms with Crippen LogP contribution in [-0.4, -0.2) is 37.3 Å². The van der Waals surface area contributed by atoms with Crippen LogP contribution in [0, 0.1) is 0 Å². The SMILES string of the molecule is CC(C)(C)N1C(=O)C(NCCCOc2ccccc2Cl)=C(c2ccccc2)S1(=O)=O. The van der Waals surface area contributed by atoms with Crippen molar-refractivity contribution in [1.29, 1.82) is 0 Å². The second-order valence-corrected chi connectivity index (χ2v) is 10.0. The molecule has 0 aliphatic carbocycles. The number of ether oxygens (including phenoxy) is 1. The van der Waals surface area contributed by atoms with E-state index in [1.54, 1.807) is 63.2 Å². The van der Waals surface area contributed by atoms with Crippen LogP contribution in [0.3, 0.4) is 0 Å². The second kappa shape index (κ2) is 8.70. The molecule has 160 valence electrons. The zero-order valence-electron chi connectivity index (χ0n) is 17.2. The zero-order valence-corrected chi connectivity index (χ0v) is 18.8. The lowest BCUT2D eigenvalue weighted by atomic mass is 10.1. The fourth-order valence-electron chi connectivity index (χ4n) is 3.26. The topological polar surface area (TPSA) is 75.7 Å². The molecule has 0 fully saturated rings. The zero-order chi connectivity index (χ0) is 21.9. The maximum Gasteiger partial charge on any atom is 0.285 e. The first-order chi connectivity index (χ1) is 14.1. The van der Waals surface area contributed by atoms with Crippen LogP contribution in [0.15, 0.2) is 60.3 Å². The number of hydrogen-bond acceptors (Lipinski definition) is 5. The summed E-state index contributed by atoms with van der Waals surface area (Å²) >= 11 is 6.07. The van der Waals surface area contributed by atoms with Crippen molar-refractivity contribution in [2.45, 2.75) is 32.7 Å². The summed E-state index contributed by atoms with van der Waals surface area (Å²) in [4.78, 5) is 13.1. The molecule has 8 heteroatoms.